The number of ether oxygens (including phenoxy) is 2. The number of unbranched alkanes of at least 4 members (excludes halogenated alkanes) is 2. The molecule has 0 aliphatic heterocycles. The molecule has 0 saturated carbocycles. The standard InChI is InChI=1S/C25H32N4O4/c1-18(20-10-14-22(32-3)15-11-20)26-28-24(30)8-6-5-7-9-25(31)29-27-19(2)21-12-16-23(33-4)17-13-21/h10-17H,5-9H2,1-4H3,(H,28,30)(H,29,31)/b26-18+,27-19+. The molecule has 2 aromatic carbocycles. The van der Waals surface area contributed by atoms with E-state index in [4.69, 9.17) is 9.47 Å². The van der Waals surface area contributed by atoms with Gasteiger partial charge in [-0.2, -0.15) is 10.2 Å². The van der Waals surface area contributed by atoms with Gasteiger partial charge in [0.25, 0.3) is 0 Å². The molecule has 8 heteroatoms. The van der Waals surface area contributed by atoms with Crippen LogP contribution in [0.3, 0.4) is 0 Å². The van der Waals surface area contributed by atoms with Crippen molar-refractivity contribution in [1.29, 1.82) is 0 Å². The van der Waals surface area contributed by atoms with E-state index >= 15 is 0 Å². The molecule has 0 aliphatic rings. The molecule has 8 nitrogen and oxygen atoms in total. The van der Waals surface area contributed by atoms with Crippen molar-refractivity contribution in [1.82, 2.24) is 10.9 Å². The lowest BCUT2D eigenvalue weighted by Crippen LogP contribution is -2.19. The number of benzene rings is 2. The molecule has 0 atom stereocenters. The van der Waals surface area contributed by atoms with Crippen LogP contribution in [0.5, 0.6) is 11.5 Å². The Bertz CT molecular complexity index is 887. The van der Waals surface area contributed by atoms with Crippen LogP contribution in [0.1, 0.15) is 57.1 Å². The van der Waals surface area contributed by atoms with Crippen LogP contribution in [-0.2, 0) is 9.59 Å². The fraction of sp³-hybridized carbons (Fsp3) is 0.360. The van der Waals surface area contributed by atoms with Gasteiger partial charge in [0.15, 0.2) is 0 Å². The lowest BCUT2D eigenvalue weighted by atomic mass is 10.1. The molecule has 176 valence electrons. The summed E-state index contributed by atoms with van der Waals surface area (Å²) in [6, 6.07) is 14.9. The average Bonchev–Trinajstić information content (AvgIpc) is 2.85. The molecule has 0 bridgehead atoms. The molecule has 2 amide bonds. The van der Waals surface area contributed by atoms with Gasteiger partial charge in [0, 0.05) is 12.8 Å². The zero-order valence-corrected chi connectivity index (χ0v) is 19.7. The van der Waals surface area contributed by atoms with Crippen LogP contribution in [-0.4, -0.2) is 37.5 Å². The second-order valence-corrected chi connectivity index (χ2v) is 7.48. The minimum atomic E-state index is -0.146. The minimum Gasteiger partial charge on any atom is -0.497 e. The van der Waals surface area contributed by atoms with Gasteiger partial charge in [-0.25, -0.2) is 10.9 Å². The van der Waals surface area contributed by atoms with Crippen molar-refractivity contribution >= 4 is 23.2 Å². The third-order valence-corrected chi connectivity index (χ3v) is 5.02. The number of nitrogens with zero attached hydrogens (tertiary/aromatic N) is 2. The summed E-state index contributed by atoms with van der Waals surface area (Å²) in [7, 11) is 3.23. The first kappa shape index (κ1) is 25.6. The van der Waals surface area contributed by atoms with E-state index in [9.17, 15) is 9.59 Å². The van der Waals surface area contributed by atoms with E-state index in [-0.39, 0.29) is 11.8 Å². The molecular formula is C25H32N4O4. The number of hydrazone groups is 2. The molecule has 2 rings (SSSR count). The third kappa shape index (κ3) is 9.14. The van der Waals surface area contributed by atoms with Crippen LogP contribution in [0.25, 0.3) is 0 Å². The number of hydrogen-bond acceptors (Lipinski definition) is 6. The first-order valence-electron chi connectivity index (χ1n) is 10.9. The fourth-order valence-corrected chi connectivity index (χ4v) is 2.95. The summed E-state index contributed by atoms with van der Waals surface area (Å²) in [5, 5.41) is 8.29. The molecule has 0 unspecified atom stereocenters. The number of nitrogens with one attached hydrogen (secondary N) is 2. The molecule has 2 aromatic rings. The highest BCUT2D eigenvalue weighted by molar-refractivity contribution is 5.99. The monoisotopic (exact) mass is 452 g/mol. The van der Waals surface area contributed by atoms with Crippen molar-refractivity contribution in [2.24, 2.45) is 10.2 Å². The van der Waals surface area contributed by atoms with Gasteiger partial charge in [-0.15, -0.1) is 0 Å². The number of hydrogen-bond donors (Lipinski definition) is 2. The zero-order valence-electron chi connectivity index (χ0n) is 19.7. The lowest BCUT2D eigenvalue weighted by Gasteiger charge is -2.05. The SMILES string of the molecule is COc1ccc(/C(C)=N/NC(=O)CCCCCC(=O)N/N=C(\C)c2ccc(OC)cc2)cc1. The average molecular weight is 453 g/mol. The molecule has 0 spiro atoms. The van der Waals surface area contributed by atoms with E-state index in [0.29, 0.717) is 37.1 Å². The number of carbonyl (C=O) groups is 2. The van der Waals surface area contributed by atoms with Crippen LogP contribution in [0.4, 0.5) is 0 Å². The van der Waals surface area contributed by atoms with Crippen molar-refractivity contribution in [3.8, 4) is 11.5 Å². The molecule has 0 aliphatic carbocycles. The highest BCUT2D eigenvalue weighted by atomic mass is 16.5. The summed E-state index contributed by atoms with van der Waals surface area (Å²) in [5.41, 5.74) is 8.41. The number of carbonyl (C=O) groups excluding carboxylic acids is 2. The van der Waals surface area contributed by atoms with Crippen molar-refractivity contribution in [3.63, 3.8) is 0 Å². The number of amides is 2. The minimum absolute atomic E-state index is 0.146. The highest BCUT2D eigenvalue weighted by Crippen LogP contribution is 2.13. The first-order chi connectivity index (χ1) is 15.9. The molecule has 33 heavy (non-hydrogen) atoms. The molecule has 0 saturated heterocycles. The zero-order chi connectivity index (χ0) is 24.1. The van der Waals surface area contributed by atoms with Gasteiger partial charge >= 0.3 is 0 Å². The molecule has 2 N–H and O–H groups in total. The molecule has 0 aromatic heterocycles. The van der Waals surface area contributed by atoms with Gasteiger partial charge in [-0.1, -0.05) is 6.42 Å². The number of rotatable bonds is 12. The Balaban J connectivity index is 1.62. The van der Waals surface area contributed by atoms with Gasteiger partial charge < -0.3 is 9.47 Å². The fourth-order valence-electron chi connectivity index (χ4n) is 2.95. The van der Waals surface area contributed by atoms with Crippen LogP contribution in [0, 0.1) is 0 Å². The van der Waals surface area contributed by atoms with E-state index in [2.05, 4.69) is 21.1 Å². The Labute approximate surface area is 195 Å². The van der Waals surface area contributed by atoms with Gasteiger partial charge in [-0.3, -0.25) is 9.59 Å². The Morgan fingerprint density at radius 3 is 1.36 bits per heavy atom. The largest absolute Gasteiger partial charge is 0.497 e. The van der Waals surface area contributed by atoms with E-state index < -0.39 is 0 Å². The van der Waals surface area contributed by atoms with Gasteiger partial charge in [0.2, 0.25) is 11.8 Å². The molecule has 0 heterocycles. The summed E-state index contributed by atoms with van der Waals surface area (Å²) >= 11 is 0. The smallest absolute Gasteiger partial charge is 0.240 e. The van der Waals surface area contributed by atoms with E-state index in [1.165, 1.54) is 0 Å². The van der Waals surface area contributed by atoms with Crippen molar-refractivity contribution in [3.05, 3.63) is 59.7 Å². The molecule has 0 radical (unpaired) electrons. The summed E-state index contributed by atoms with van der Waals surface area (Å²) < 4.78 is 10.3. The maximum atomic E-state index is 12.0. The van der Waals surface area contributed by atoms with Crippen molar-refractivity contribution in [2.75, 3.05) is 14.2 Å². The summed E-state index contributed by atoms with van der Waals surface area (Å²) in [5.74, 6) is 1.24. The van der Waals surface area contributed by atoms with E-state index in [0.717, 1.165) is 29.0 Å². The Morgan fingerprint density at radius 1 is 0.667 bits per heavy atom. The van der Waals surface area contributed by atoms with Gasteiger partial charge in [-0.05, 0) is 86.3 Å². The normalized spacial score (nSPS) is 11.6. The number of methoxy groups -OCH3 is 2. The molecular weight excluding hydrogens is 420 g/mol. The lowest BCUT2D eigenvalue weighted by molar-refractivity contribution is -0.121. The maximum absolute atomic E-state index is 12.0. The van der Waals surface area contributed by atoms with Gasteiger partial charge in [0.05, 0.1) is 25.6 Å². The van der Waals surface area contributed by atoms with Crippen molar-refractivity contribution in [2.45, 2.75) is 46.0 Å². The Kier molecular flexibility index (Phi) is 10.6. The predicted molar refractivity (Wildman–Crippen MR) is 130 cm³/mol. The van der Waals surface area contributed by atoms with Crippen LogP contribution in [0.15, 0.2) is 58.7 Å². The van der Waals surface area contributed by atoms with Gasteiger partial charge in [0.1, 0.15) is 11.5 Å². The second kappa shape index (κ2) is 13.7. The summed E-state index contributed by atoms with van der Waals surface area (Å²) in [4.78, 5) is 24.0. The van der Waals surface area contributed by atoms with Crippen LogP contribution < -0.4 is 20.3 Å². The van der Waals surface area contributed by atoms with Crippen LogP contribution in [0.2, 0.25) is 0 Å². The van der Waals surface area contributed by atoms with E-state index in [1.807, 2.05) is 62.4 Å². The third-order valence-electron chi connectivity index (χ3n) is 5.02. The van der Waals surface area contributed by atoms with Crippen molar-refractivity contribution < 1.29 is 19.1 Å². The topological polar surface area (TPSA) is 101 Å². The summed E-state index contributed by atoms with van der Waals surface area (Å²) in [6.07, 6.45) is 2.85. The second-order valence-electron chi connectivity index (χ2n) is 7.48. The Hall–Kier alpha value is -3.68. The van der Waals surface area contributed by atoms with Crippen LogP contribution >= 0.6 is 0 Å². The predicted octanol–water partition coefficient (Wildman–Crippen LogP) is 4.03. The maximum Gasteiger partial charge on any atom is 0.240 e. The highest BCUT2D eigenvalue weighted by Gasteiger charge is 2.05. The first-order valence-corrected chi connectivity index (χ1v) is 10.9. The quantitative estimate of drug-likeness (QED) is 0.288. The Morgan fingerprint density at radius 2 is 1.03 bits per heavy atom. The molecule has 0 fully saturated rings. The summed E-state index contributed by atoms with van der Waals surface area (Å²) in [6.45, 7) is 3.67. The van der Waals surface area contributed by atoms with E-state index in [1.54, 1.807) is 14.2 Å².